The van der Waals surface area contributed by atoms with Gasteiger partial charge in [0, 0.05) is 6.42 Å². The second-order valence-electron chi connectivity index (χ2n) is 7.49. The van der Waals surface area contributed by atoms with Gasteiger partial charge in [0.15, 0.2) is 27.9 Å². The molecule has 1 aliphatic rings. The molecule has 8 nitrogen and oxygen atoms in total. The maximum Gasteiger partial charge on any atom is 0.208 e. The first kappa shape index (κ1) is 21.2. The first-order chi connectivity index (χ1) is 15.6. The number of benzene rings is 1. The van der Waals surface area contributed by atoms with E-state index < -0.39 is 18.4 Å². The van der Waals surface area contributed by atoms with Gasteiger partial charge in [0.05, 0.1) is 16.8 Å². The first-order valence-corrected chi connectivity index (χ1v) is 11.5. The molecular weight excluding hydrogens is 450 g/mol. The van der Waals surface area contributed by atoms with E-state index >= 15 is 0 Å². The summed E-state index contributed by atoms with van der Waals surface area (Å²) < 4.78 is 8.35. The van der Waals surface area contributed by atoms with Crippen LogP contribution in [0.3, 0.4) is 0 Å². The number of aliphatic hydroxyl groups excluding tert-OH is 2. The Morgan fingerprint density at radius 1 is 1.22 bits per heavy atom. The number of imidazole rings is 1. The number of hydrogen-bond acceptors (Lipinski definition) is 8. The van der Waals surface area contributed by atoms with Crippen molar-refractivity contribution in [2.45, 2.75) is 44.6 Å². The van der Waals surface area contributed by atoms with Gasteiger partial charge in [0.25, 0.3) is 0 Å². The van der Waals surface area contributed by atoms with Crippen LogP contribution < -0.4 is 0 Å². The van der Waals surface area contributed by atoms with Gasteiger partial charge in [0.1, 0.15) is 17.7 Å². The third-order valence-corrected chi connectivity index (χ3v) is 6.51. The minimum absolute atomic E-state index is 0.00666. The summed E-state index contributed by atoms with van der Waals surface area (Å²) in [5.41, 5.74) is 1.56. The van der Waals surface area contributed by atoms with Gasteiger partial charge in [-0.25, -0.2) is 19.9 Å². The molecule has 4 heterocycles. The highest BCUT2D eigenvalue weighted by Crippen LogP contribution is 2.37. The van der Waals surface area contributed by atoms with Crippen LogP contribution in [0.5, 0.6) is 0 Å². The molecule has 0 spiro atoms. The Morgan fingerprint density at radius 2 is 2.06 bits per heavy atom. The van der Waals surface area contributed by atoms with Crippen LogP contribution in [0.15, 0.2) is 24.3 Å². The number of thiazole rings is 1. The van der Waals surface area contributed by atoms with Crippen molar-refractivity contribution in [2.24, 2.45) is 0 Å². The fraction of sp³-hybridized carbons (Fsp3) is 0.364. The Labute approximate surface area is 192 Å². The molecule has 3 atom stereocenters. The second kappa shape index (κ2) is 8.73. The highest BCUT2D eigenvalue weighted by atomic mass is 35.5. The lowest BCUT2D eigenvalue weighted by molar-refractivity contribution is -0.0153. The summed E-state index contributed by atoms with van der Waals surface area (Å²) in [5, 5.41) is 21.5. The number of aliphatic hydroxyl groups is 2. The van der Waals surface area contributed by atoms with Gasteiger partial charge in [0.2, 0.25) is 5.82 Å². The standard InChI is InChI=1S/C22H20ClN5O3S/c1-2-3-4-5-10-15-25-18(23)16-19(26-15)28(22-17(30)13(29)11-31-22)20(27-16)21-24-12-8-6-7-9-14(12)32-21/h6-9,13,17,22,29-30H,2-4,11H2,1H3/t13-,17-,22-/m1/s1. The molecule has 1 aliphatic heterocycles. The fourth-order valence-corrected chi connectivity index (χ4v) is 4.73. The maximum absolute atomic E-state index is 10.6. The molecule has 164 valence electrons. The zero-order chi connectivity index (χ0) is 22.2. The van der Waals surface area contributed by atoms with Gasteiger partial charge in [-0.3, -0.25) is 4.57 Å². The van der Waals surface area contributed by atoms with Crippen molar-refractivity contribution >= 4 is 44.3 Å². The topological polar surface area (TPSA) is 106 Å². The number of ether oxygens (including phenoxy) is 1. The molecule has 5 rings (SSSR count). The van der Waals surface area contributed by atoms with E-state index in [4.69, 9.17) is 21.3 Å². The number of halogens is 1. The van der Waals surface area contributed by atoms with Crippen molar-refractivity contribution in [3.8, 4) is 22.7 Å². The minimum Gasteiger partial charge on any atom is -0.388 e. The van der Waals surface area contributed by atoms with Crippen molar-refractivity contribution in [2.75, 3.05) is 6.61 Å². The number of rotatable bonds is 4. The molecular formula is C22H20ClN5O3S. The molecule has 32 heavy (non-hydrogen) atoms. The van der Waals surface area contributed by atoms with E-state index in [1.807, 2.05) is 24.3 Å². The number of nitrogens with zero attached hydrogens (tertiary/aromatic N) is 5. The average molecular weight is 470 g/mol. The Bertz CT molecular complexity index is 1330. The predicted molar refractivity (Wildman–Crippen MR) is 122 cm³/mol. The highest BCUT2D eigenvalue weighted by molar-refractivity contribution is 7.21. The molecule has 0 aliphatic carbocycles. The predicted octanol–water partition coefficient (Wildman–Crippen LogP) is 3.55. The van der Waals surface area contributed by atoms with Gasteiger partial charge in [-0.15, -0.1) is 11.3 Å². The molecule has 2 N–H and O–H groups in total. The third-order valence-electron chi connectivity index (χ3n) is 5.22. The Hall–Kier alpha value is -2.61. The largest absolute Gasteiger partial charge is 0.388 e. The third kappa shape index (κ3) is 3.74. The van der Waals surface area contributed by atoms with Crippen molar-refractivity contribution in [1.82, 2.24) is 24.5 Å². The van der Waals surface area contributed by atoms with Crippen LogP contribution in [0.4, 0.5) is 0 Å². The monoisotopic (exact) mass is 469 g/mol. The lowest BCUT2D eigenvalue weighted by atomic mass is 10.2. The lowest BCUT2D eigenvalue weighted by Crippen LogP contribution is -2.28. The molecule has 3 aromatic heterocycles. The number of para-hydroxylation sites is 1. The molecule has 1 aromatic carbocycles. The van der Waals surface area contributed by atoms with Crippen LogP contribution in [-0.4, -0.2) is 53.5 Å². The number of unbranched alkanes of at least 4 members (excludes halogenated alkanes) is 2. The molecule has 0 unspecified atom stereocenters. The Kier molecular flexibility index (Phi) is 5.80. The van der Waals surface area contributed by atoms with Gasteiger partial charge in [-0.05, 0) is 24.5 Å². The van der Waals surface area contributed by atoms with Gasteiger partial charge in [-0.2, -0.15) is 0 Å². The minimum atomic E-state index is -1.16. The average Bonchev–Trinajstić information content (AvgIpc) is 3.47. The fourth-order valence-electron chi connectivity index (χ4n) is 3.57. The van der Waals surface area contributed by atoms with Crippen LogP contribution in [0.2, 0.25) is 5.15 Å². The van der Waals surface area contributed by atoms with Crippen molar-refractivity contribution in [3.05, 3.63) is 35.2 Å². The summed E-state index contributed by atoms with van der Waals surface area (Å²) in [6.07, 6.45) is -0.304. The normalized spacial score (nSPS) is 20.7. The molecule has 0 amide bonds. The van der Waals surface area contributed by atoms with Crippen LogP contribution >= 0.6 is 22.9 Å². The smallest absolute Gasteiger partial charge is 0.208 e. The quantitative estimate of drug-likeness (QED) is 0.267. The van der Waals surface area contributed by atoms with Crippen LogP contribution in [0.1, 0.15) is 38.2 Å². The summed E-state index contributed by atoms with van der Waals surface area (Å²) in [6.45, 7) is 2.10. The molecule has 1 fully saturated rings. The van der Waals surface area contributed by atoms with E-state index in [1.165, 1.54) is 11.3 Å². The lowest BCUT2D eigenvalue weighted by Gasteiger charge is -2.18. The van der Waals surface area contributed by atoms with Crippen LogP contribution in [0.25, 0.3) is 32.2 Å². The molecule has 10 heteroatoms. The van der Waals surface area contributed by atoms with Crippen molar-refractivity contribution in [3.63, 3.8) is 0 Å². The Morgan fingerprint density at radius 3 is 2.81 bits per heavy atom. The van der Waals surface area contributed by atoms with Crippen molar-refractivity contribution < 1.29 is 14.9 Å². The van der Waals surface area contributed by atoms with Gasteiger partial charge >= 0.3 is 0 Å². The zero-order valence-electron chi connectivity index (χ0n) is 17.2. The van der Waals surface area contributed by atoms with Crippen molar-refractivity contribution in [1.29, 1.82) is 0 Å². The zero-order valence-corrected chi connectivity index (χ0v) is 18.8. The summed E-state index contributed by atoms with van der Waals surface area (Å²) >= 11 is 7.92. The van der Waals surface area contributed by atoms with Crippen LogP contribution in [-0.2, 0) is 4.74 Å². The Balaban J connectivity index is 1.71. The van der Waals surface area contributed by atoms with Gasteiger partial charge < -0.3 is 14.9 Å². The highest BCUT2D eigenvalue weighted by Gasteiger charge is 2.39. The van der Waals surface area contributed by atoms with E-state index in [1.54, 1.807) is 4.57 Å². The van der Waals surface area contributed by atoms with E-state index in [0.29, 0.717) is 22.0 Å². The summed E-state index contributed by atoms with van der Waals surface area (Å²) in [7, 11) is 0. The molecule has 0 radical (unpaired) electrons. The number of fused-ring (bicyclic) bond motifs is 2. The maximum atomic E-state index is 10.6. The summed E-state index contributed by atoms with van der Waals surface area (Å²) in [5.74, 6) is 6.72. The second-order valence-corrected chi connectivity index (χ2v) is 8.88. The summed E-state index contributed by atoms with van der Waals surface area (Å²) in [6, 6.07) is 7.76. The first-order valence-electron chi connectivity index (χ1n) is 10.3. The SMILES string of the molecule is CCCCC#Cc1nc(Cl)c2nc(-c3nc4ccccc4s3)n([C@@H]3OC[C@@H](O)[C@H]3O)c2n1. The van der Waals surface area contributed by atoms with E-state index in [2.05, 4.69) is 33.7 Å². The van der Waals surface area contributed by atoms with E-state index in [-0.39, 0.29) is 17.6 Å². The van der Waals surface area contributed by atoms with Gasteiger partial charge in [-0.1, -0.05) is 43.0 Å². The van der Waals surface area contributed by atoms with E-state index in [9.17, 15) is 10.2 Å². The number of hydrogen-bond donors (Lipinski definition) is 2. The molecule has 4 aromatic rings. The molecule has 0 bridgehead atoms. The molecule has 0 saturated carbocycles. The number of aromatic nitrogens is 5. The molecule has 1 saturated heterocycles. The van der Waals surface area contributed by atoms with Crippen LogP contribution in [0, 0.1) is 11.8 Å². The van der Waals surface area contributed by atoms with E-state index in [0.717, 1.165) is 29.5 Å². The summed E-state index contributed by atoms with van der Waals surface area (Å²) in [4.78, 5) is 18.2.